The second-order valence-electron chi connectivity index (χ2n) is 5.06. The number of rotatable bonds is 5. The van der Waals surface area contributed by atoms with Crippen LogP contribution in [0.1, 0.15) is 21.7 Å². The Labute approximate surface area is 142 Å². The van der Waals surface area contributed by atoms with Crippen LogP contribution in [0.4, 0.5) is 5.13 Å². The highest BCUT2D eigenvalue weighted by Crippen LogP contribution is 2.19. The molecule has 9 heteroatoms. The molecule has 0 saturated carbocycles. The Morgan fingerprint density at radius 1 is 1.25 bits per heavy atom. The van der Waals surface area contributed by atoms with E-state index in [9.17, 15) is 13.2 Å². The molecule has 0 fully saturated rings. The van der Waals surface area contributed by atoms with Gasteiger partial charge in [-0.1, -0.05) is 29.8 Å². The molecule has 0 aliphatic carbocycles. The lowest BCUT2D eigenvalue weighted by atomic mass is 10.2. The van der Waals surface area contributed by atoms with Crippen molar-refractivity contribution in [2.45, 2.75) is 17.8 Å². The normalized spacial score (nSPS) is 11.4. The average Bonchev–Trinajstić information content (AvgIpc) is 3.20. The van der Waals surface area contributed by atoms with Crippen LogP contribution < -0.4 is 5.32 Å². The summed E-state index contributed by atoms with van der Waals surface area (Å²) < 4.78 is 33.5. The molecule has 124 valence electrons. The molecule has 2 aromatic heterocycles. The first-order valence-electron chi connectivity index (χ1n) is 6.91. The Morgan fingerprint density at radius 3 is 2.67 bits per heavy atom. The van der Waals surface area contributed by atoms with Gasteiger partial charge in [0.05, 0.1) is 12.0 Å². The highest BCUT2D eigenvalue weighted by molar-refractivity contribution is 7.90. The first kappa shape index (κ1) is 16.3. The van der Waals surface area contributed by atoms with Gasteiger partial charge >= 0.3 is 0 Å². The number of anilines is 1. The molecule has 0 aliphatic heterocycles. The van der Waals surface area contributed by atoms with Gasteiger partial charge in [-0.15, -0.1) is 0 Å². The highest BCUT2D eigenvalue weighted by atomic mass is 32.2. The molecule has 0 saturated heterocycles. The van der Waals surface area contributed by atoms with E-state index in [0.29, 0.717) is 5.56 Å². The Bertz CT molecular complexity index is 945. The summed E-state index contributed by atoms with van der Waals surface area (Å²) in [5, 5.41) is 2.25. The Balaban J connectivity index is 1.74. The molecule has 0 aliphatic rings. The van der Waals surface area contributed by atoms with Crippen LogP contribution in [-0.2, 0) is 15.6 Å². The molecule has 0 atom stereocenters. The van der Waals surface area contributed by atoms with Crippen LogP contribution in [0.3, 0.4) is 0 Å². The van der Waals surface area contributed by atoms with Crippen LogP contribution in [0.5, 0.6) is 0 Å². The molecule has 2 heterocycles. The first-order valence-corrected chi connectivity index (χ1v) is 9.33. The number of hydrogen-bond donors (Lipinski definition) is 1. The predicted octanol–water partition coefficient (Wildman–Crippen LogP) is 2.67. The summed E-state index contributed by atoms with van der Waals surface area (Å²) in [6.07, 6.45) is 1.37. The quantitative estimate of drug-likeness (QED) is 0.748. The van der Waals surface area contributed by atoms with Crippen molar-refractivity contribution < 1.29 is 17.6 Å². The van der Waals surface area contributed by atoms with E-state index >= 15 is 0 Å². The minimum Gasteiger partial charge on any atom is -0.459 e. The smallest absolute Gasteiger partial charge is 0.293 e. The summed E-state index contributed by atoms with van der Waals surface area (Å²) >= 11 is 0.801. The van der Waals surface area contributed by atoms with Gasteiger partial charge in [-0.3, -0.25) is 10.1 Å². The molecule has 24 heavy (non-hydrogen) atoms. The van der Waals surface area contributed by atoms with Crippen molar-refractivity contribution in [1.82, 2.24) is 9.36 Å². The third-order valence-corrected chi connectivity index (χ3v) is 5.33. The van der Waals surface area contributed by atoms with Gasteiger partial charge in [0.1, 0.15) is 0 Å². The molecule has 0 spiro atoms. The Morgan fingerprint density at radius 2 is 2.00 bits per heavy atom. The molecule has 0 unspecified atom stereocenters. The maximum atomic E-state index is 12.4. The second-order valence-corrected chi connectivity index (χ2v) is 7.69. The van der Waals surface area contributed by atoms with Crippen molar-refractivity contribution in [3.63, 3.8) is 0 Å². The lowest BCUT2D eigenvalue weighted by molar-refractivity contribution is 0.0996. The van der Waals surface area contributed by atoms with Gasteiger partial charge in [0, 0.05) is 11.5 Å². The molecule has 7 nitrogen and oxygen atoms in total. The number of aryl methyl sites for hydroxylation is 1. The summed E-state index contributed by atoms with van der Waals surface area (Å²) in [4.78, 5) is 15.7. The fraction of sp³-hybridized carbons (Fsp3) is 0.133. The molecule has 1 aromatic carbocycles. The largest absolute Gasteiger partial charge is 0.459 e. The monoisotopic (exact) mass is 363 g/mol. The Hall–Kier alpha value is -2.52. The van der Waals surface area contributed by atoms with E-state index in [1.165, 1.54) is 12.3 Å². The summed E-state index contributed by atoms with van der Waals surface area (Å²) in [6.45, 7) is 1.92. The number of carbonyl (C=O) groups excluding carboxylic acids is 1. The molecule has 0 bridgehead atoms. The van der Waals surface area contributed by atoms with E-state index < -0.39 is 15.7 Å². The number of aromatic nitrogens is 2. The maximum absolute atomic E-state index is 12.4. The van der Waals surface area contributed by atoms with Crippen LogP contribution >= 0.6 is 11.5 Å². The van der Waals surface area contributed by atoms with Crippen LogP contribution in [0.25, 0.3) is 0 Å². The maximum Gasteiger partial charge on any atom is 0.293 e. The fourth-order valence-electron chi connectivity index (χ4n) is 1.92. The standard InChI is InChI=1S/C15H13N3O4S2/c1-10-4-6-11(7-5-10)9-24(20,21)15-17-14(23-18-15)16-13(19)12-3-2-8-22-12/h2-8H,9H2,1H3,(H,16,17,18,19). The van der Waals surface area contributed by atoms with Crippen LogP contribution in [0.15, 0.2) is 52.2 Å². The van der Waals surface area contributed by atoms with Gasteiger partial charge < -0.3 is 4.42 Å². The molecule has 1 N–H and O–H groups in total. The zero-order chi connectivity index (χ0) is 17.2. The molecule has 3 rings (SSSR count). The van der Waals surface area contributed by atoms with E-state index in [1.54, 1.807) is 18.2 Å². The molecular formula is C15H13N3O4S2. The van der Waals surface area contributed by atoms with Crippen LogP contribution in [-0.4, -0.2) is 23.7 Å². The van der Waals surface area contributed by atoms with Crippen molar-refractivity contribution in [2.24, 2.45) is 0 Å². The van der Waals surface area contributed by atoms with Crippen molar-refractivity contribution in [1.29, 1.82) is 0 Å². The second kappa shape index (κ2) is 6.54. The number of nitrogens with zero attached hydrogens (tertiary/aromatic N) is 2. The minimum absolute atomic E-state index is 0.0962. The summed E-state index contributed by atoms with van der Waals surface area (Å²) in [7, 11) is -3.68. The molecule has 1 amide bonds. The third-order valence-electron chi connectivity index (χ3n) is 3.13. The van der Waals surface area contributed by atoms with Crippen molar-refractivity contribution in [3.05, 3.63) is 59.5 Å². The minimum atomic E-state index is -3.68. The number of carbonyl (C=O) groups is 1. The number of hydrogen-bond acceptors (Lipinski definition) is 7. The van der Waals surface area contributed by atoms with Gasteiger partial charge in [0.15, 0.2) is 5.76 Å². The van der Waals surface area contributed by atoms with Crippen molar-refractivity contribution in [3.8, 4) is 0 Å². The fourth-order valence-corrected chi connectivity index (χ4v) is 4.01. The topological polar surface area (TPSA) is 102 Å². The predicted molar refractivity (Wildman–Crippen MR) is 88.6 cm³/mol. The SMILES string of the molecule is Cc1ccc(CS(=O)(=O)c2nsc(NC(=O)c3ccco3)n2)cc1. The number of furan rings is 1. The van der Waals surface area contributed by atoms with Crippen LogP contribution in [0, 0.1) is 6.92 Å². The highest BCUT2D eigenvalue weighted by Gasteiger charge is 2.22. The van der Waals surface area contributed by atoms with Crippen molar-refractivity contribution >= 4 is 32.4 Å². The van der Waals surface area contributed by atoms with E-state index in [-0.39, 0.29) is 21.8 Å². The van der Waals surface area contributed by atoms with E-state index in [4.69, 9.17) is 4.42 Å². The number of sulfone groups is 1. The van der Waals surface area contributed by atoms with Gasteiger partial charge in [-0.2, -0.15) is 9.36 Å². The zero-order valence-corrected chi connectivity index (χ0v) is 14.2. The number of nitrogens with one attached hydrogen (secondary N) is 1. The molecule has 0 radical (unpaired) electrons. The number of benzene rings is 1. The van der Waals surface area contributed by atoms with Crippen LogP contribution in [0.2, 0.25) is 0 Å². The molecule has 3 aromatic rings. The average molecular weight is 363 g/mol. The van der Waals surface area contributed by atoms with Gasteiger partial charge in [-0.25, -0.2) is 8.42 Å². The van der Waals surface area contributed by atoms with Gasteiger partial charge in [0.2, 0.25) is 15.0 Å². The summed E-state index contributed by atoms with van der Waals surface area (Å²) in [6, 6.07) is 10.2. The third kappa shape index (κ3) is 3.69. The van der Waals surface area contributed by atoms with Gasteiger partial charge in [-0.05, 0) is 24.6 Å². The number of amides is 1. The first-order chi connectivity index (χ1) is 11.4. The molecular weight excluding hydrogens is 350 g/mol. The zero-order valence-electron chi connectivity index (χ0n) is 12.6. The summed E-state index contributed by atoms with van der Waals surface area (Å²) in [5.74, 6) is -0.608. The van der Waals surface area contributed by atoms with Crippen molar-refractivity contribution in [2.75, 3.05) is 5.32 Å². The van der Waals surface area contributed by atoms with Gasteiger partial charge in [0.25, 0.3) is 11.1 Å². The summed E-state index contributed by atoms with van der Waals surface area (Å²) in [5.41, 5.74) is 1.70. The van der Waals surface area contributed by atoms with E-state index in [2.05, 4.69) is 14.7 Å². The van der Waals surface area contributed by atoms with E-state index in [0.717, 1.165) is 17.1 Å². The lowest BCUT2D eigenvalue weighted by Crippen LogP contribution is -2.11. The lowest BCUT2D eigenvalue weighted by Gasteiger charge is -2.01. The Kier molecular flexibility index (Phi) is 4.45. The van der Waals surface area contributed by atoms with E-state index in [1.807, 2.05) is 19.1 Å².